The highest BCUT2D eigenvalue weighted by Gasteiger charge is 2.11. The minimum absolute atomic E-state index is 0. The maximum atomic E-state index is 4.46. The van der Waals surface area contributed by atoms with Gasteiger partial charge in [-0.05, 0) is 38.3 Å². The third-order valence-corrected chi connectivity index (χ3v) is 4.56. The summed E-state index contributed by atoms with van der Waals surface area (Å²) in [6.45, 7) is 9.16. The van der Waals surface area contributed by atoms with Gasteiger partial charge in [-0.15, -0.1) is 24.0 Å². The highest BCUT2D eigenvalue weighted by molar-refractivity contribution is 14.0. The molecule has 0 amide bonds. The van der Waals surface area contributed by atoms with E-state index in [9.17, 15) is 0 Å². The molecule has 0 bridgehead atoms. The summed E-state index contributed by atoms with van der Waals surface area (Å²) in [7, 11) is 3.77. The third-order valence-electron chi connectivity index (χ3n) is 4.56. The van der Waals surface area contributed by atoms with Crippen molar-refractivity contribution in [3.05, 3.63) is 52.3 Å². The minimum atomic E-state index is 0. The van der Waals surface area contributed by atoms with Crippen molar-refractivity contribution in [2.24, 2.45) is 12.0 Å². The number of guanidine groups is 1. The molecule has 25 heavy (non-hydrogen) atoms. The first-order valence-corrected chi connectivity index (χ1v) is 8.51. The van der Waals surface area contributed by atoms with Gasteiger partial charge in [0.2, 0.25) is 0 Å². The molecular formula is C19H30IN5. The molecule has 1 heterocycles. The Morgan fingerprint density at radius 2 is 1.88 bits per heavy atom. The molecule has 0 spiro atoms. The number of aryl methyl sites for hydroxylation is 3. The zero-order valence-electron chi connectivity index (χ0n) is 16.1. The van der Waals surface area contributed by atoms with E-state index in [4.69, 9.17) is 0 Å². The van der Waals surface area contributed by atoms with Crippen LogP contribution < -0.4 is 10.6 Å². The van der Waals surface area contributed by atoms with E-state index in [1.54, 1.807) is 7.05 Å². The van der Waals surface area contributed by atoms with Crippen LogP contribution in [0.15, 0.2) is 29.3 Å². The molecule has 138 valence electrons. The van der Waals surface area contributed by atoms with Gasteiger partial charge < -0.3 is 10.6 Å². The van der Waals surface area contributed by atoms with Gasteiger partial charge in [-0.25, -0.2) is 0 Å². The van der Waals surface area contributed by atoms with E-state index in [-0.39, 0.29) is 30.0 Å². The maximum absolute atomic E-state index is 4.46. The fourth-order valence-corrected chi connectivity index (χ4v) is 2.77. The zero-order chi connectivity index (χ0) is 17.7. The lowest BCUT2D eigenvalue weighted by molar-refractivity contribution is 0.683. The smallest absolute Gasteiger partial charge is 0.191 e. The van der Waals surface area contributed by atoms with Crippen LogP contribution in [0.2, 0.25) is 0 Å². The van der Waals surface area contributed by atoms with E-state index in [0.717, 1.165) is 18.1 Å². The van der Waals surface area contributed by atoms with Gasteiger partial charge in [0.05, 0.1) is 11.7 Å². The Kier molecular flexibility index (Phi) is 8.41. The first-order chi connectivity index (χ1) is 11.5. The van der Waals surface area contributed by atoms with Gasteiger partial charge in [-0.3, -0.25) is 9.67 Å². The fraction of sp³-hybridized carbons (Fsp3) is 0.474. The average Bonchev–Trinajstić information content (AvgIpc) is 2.83. The molecule has 0 aliphatic carbocycles. The molecule has 2 aromatic rings. The van der Waals surface area contributed by atoms with Crippen molar-refractivity contribution < 1.29 is 0 Å². The Morgan fingerprint density at radius 1 is 1.24 bits per heavy atom. The number of hydrogen-bond donors (Lipinski definition) is 2. The van der Waals surface area contributed by atoms with E-state index in [1.807, 2.05) is 18.7 Å². The van der Waals surface area contributed by atoms with Crippen molar-refractivity contribution >= 4 is 29.9 Å². The van der Waals surface area contributed by atoms with Crippen molar-refractivity contribution in [3.63, 3.8) is 0 Å². The highest BCUT2D eigenvalue weighted by Crippen LogP contribution is 2.14. The van der Waals surface area contributed by atoms with Gasteiger partial charge in [-0.2, -0.15) is 5.10 Å². The van der Waals surface area contributed by atoms with Gasteiger partial charge in [0.25, 0.3) is 0 Å². The number of aliphatic imine (C=N–C) groups is 1. The second-order valence-electron chi connectivity index (χ2n) is 6.16. The topological polar surface area (TPSA) is 54.2 Å². The molecule has 2 N–H and O–H groups in total. The molecule has 0 radical (unpaired) electrons. The Hall–Kier alpha value is -1.57. The highest BCUT2D eigenvalue weighted by atomic mass is 127. The minimum Gasteiger partial charge on any atom is -0.352 e. The van der Waals surface area contributed by atoms with Crippen molar-refractivity contribution in [2.75, 3.05) is 7.05 Å². The van der Waals surface area contributed by atoms with Crippen molar-refractivity contribution in [1.82, 2.24) is 20.4 Å². The summed E-state index contributed by atoms with van der Waals surface area (Å²) < 4.78 is 1.92. The molecule has 6 heteroatoms. The average molecular weight is 455 g/mol. The van der Waals surface area contributed by atoms with Crippen LogP contribution in [0.5, 0.6) is 0 Å². The predicted octanol–water partition coefficient (Wildman–Crippen LogP) is 3.64. The van der Waals surface area contributed by atoms with Crippen LogP contribution in [-0.2, 0) is 20.0 Å². The number of nitrogens with one attached hydrogen (secondary N) is 2. The van der Waals surface area contributed by atoms with E-state index < -0.39 is 0 Å². The van der Waals surface area contributed by atoms with E-state index in [1.165, 1.54) is 22.4 Å². The van der Waals surface area contributed by atoms with Crippen LogP contribution in [0.4, 0.5) is 0 Å². The monoisotopic (exact) mass is 455 g/mol. The van der Waals surface area contributed by atoms with Gasteiger partial charge in [0.1, 0.15) is 0 Å². The third kappa shape index (κ3) is 5.45. The Bertz CT molecular complexity index is 703. The molecule has 2 rings (SSSR count). The maximum Gasteiger partial charge on any atom is 0.191 e. The van der Waals surface area contributed by atoms with E-state index in [2.05, 4.69) is 65.8 Å². The normalized spacial score (nSPS) is 12.5. The second kappa shape index (κ2) is 9.79. The predicted molar refractivity (Wildman–Crippen MR) is 116 cm³/mol. The standard InChI is InChI=1S/C19H29N5.HI/c1-7-16-8-10-17(11-9-16)13(2)22-19(20-5)21-12-18-14(3)23-24(6)15(18)4;/h8-11,13H,7,12H2,1-6H3,(H2,20,21,22);1H. The van der Waals surface area contributed by atoms with Crippen molar-refractivity contribution in [3.8, 4) is 0 Å². The summed E-state index contributed by atoms with van der Waals surface area (Å²) in [4.78, 5) is 4.34. The second-order valence-corrected chi connectivity index (χ2v) is 6.16. The van der Waals surface area contributed by atoms with Crippen LogP contribution in [0.25, 0.3) is 0 Å². The largest absolute Gasteiger partial charge is 0.352 e. The zero-order valence-corrected chi connectivity index (χ0v) is 18.4. The Balaban J connectivity index is 0.00000312. The quantitative estimate of drug-likeness (QED) is 0.411. The summed E-state index contributed by atoms with van der Waals surface area (Å²) in [6.07, 6.45) is 1.06. The summed E-state index contributed by atoms with van der Waals surface area (Å²) in [6, 6.07) is 8.93. The molecule has 0 saturated carbocycles. The molecule has 1 atom stereocenters. The molecule has 0 aliphatic heterocycles. The summed E-state index contributed by atoms with van der Waals surface area (Å²) >= 11 is 0. The number of benzene rings is 1. The number of hydrogen-bond acceptors (Lipinski definition) is 2. The summed E-state index contributed by atoms with van der Waals surface area (Å²) in [5, 5.41) is 11.3. The molecule has 1 aromatic carbocycles. The molecule has 0 aliphatic rings. The molecule has 0 saturated heterocycles. The van der Waals surface area contributed by atoms with Gasteiger partial charge in [0.15, 0.2) is 5.96 Å². The molecule has 1 unspecified atom stereocenters. The fourth-order valence-electron chi connectivity index (χ4n) is 2.77. The lowest BCUT2D eigenvalue weighted by Crippen LogP contribution is -2.38. The Labute approximate surface area is 168 Å². The van der Waals surface area contributed by atoms with Crippen molar-refractivity contribution in [2.45, 2.75) is 46.7 Å². The van der Waals surface area contributed by atoms with Gasteiger partial charge >= 0.3 is 0 Å². The van der Waals surface area contributed by atoms with Gasteiger partial charge in [-0.1, -0.05) is 31.2 Å². The van der Waals surface area contributed by atoms with Crippen LogP contribution in [0, 0.1) is 13.8 Å². The van der Waals surface area contributed by atoms with E-state index >= 15 is 0 Å². The molecular weight excluding hydrogens is 425 g/mol. The summed E-state index contributed by atoms with van der Waals surface area (Å²) in [5.74, 6) is 0.796. The summed E-state index contributed by atoms with van der Waals surface area (Å²) in [5.41, 5.74) is 6.07. The number of nitrogens with zero attached hydrogens (tertiary/aromatic N) is 3. The van der Waals surface area contributed by atoms with E-state index in [0.29, 0.717) is 6.54 Å². The Morgan fingerprint density at radius 3 is 2.36 bits per heavy atom. The molecule has 5 nitrogen and oxygen atoms in total. The first-order valence-electron chi connectivity index (χ1n) is 8.51. The van der Waals surface area contributed by atoms with Crippen LogP contribution >= 0.6 is 24.0 Å². The van der Waals surface area contributed by atoms with Crippen molar-refractivity contribution in [1.29, 1.82) is 0 Å². The first kappa shape index (κ1) is 21.5. The molecule has 1 aromatic heterocycles. The number of aromatic nitrogens is 2. The number of halogens is 1. The lowest BCUT2D eigenvalue weighted by atomic mass is 10.1. The number of rotatable bonds is 5. The molecule has 0 fully saturated rings. The van der Waals surface area contributed by atoms with Crippen LogP contribution in [0.1, 0.15) is 48.0 Å². The van der Waals surface area contributed by atoms with Gasteiger partial charge in [0, 0.05) is 31.9 Å². The van der Waals surface area contributed by atoms with Crippen LogP contribution in [0.3, 0.4) is 0 Å². The SMILES string of the molecule is CCc1ccc(C(C)NC(=NC)NCc2c(C)nn(C)c2C)cc1.I. The van der Waals surface area contributed by atoms with Crippen LogP contribution in [-0.4, -0.2) is 22.8 Å². The lowest BCUT2D eigenvalue weighted by Gasteiger charge is -2.18.